The Morgan fingerprint density at radius 1 is 1.52 bits per heavy atom. The highest BCUT2D eigenvalue weighted by molar-refractivity contribution is 7.18. The van der Waals surface area contributed by atoms with Gasteiger partial charge in [0.05, 0.1) is 0 Å². The topological polar surface area (TPSA) is 104 Å². The fraction of sp³-hybridized carbons (Fsp3) is 0.692. The third kappa shape index (κ3) is 3.84. The molecule has 0 spiro atoms. The molecule has 8 heteroatoms. The summed E-state index contributed by atoms with van der Waals surface area (Å²) in [4.78, 5) is 19.1. The van der Waals surface area contributed by atoms with Crippen molar-refractivity contribution >= 4 is 28.2 Å². The number of anilines is 2. The summed E-state index contributed by atoms with van der Waals surface area (Å²) >= 11 is 1.32. The number of amides is 1. The van der Waals surface area contributed by atoms with Gasteiger partial charge in [-0.05, 0) is 12.8 Å². The summed E-state index contributed by atoms with van der Waals surface area (Å²) in [5.41, 5.74) is 5.88. The van der Waals surface area contributed by atoms with Gasteiger partial charge in [0, 0.05) is 38.8 Å². The summed E-state index contributed by atoms with van der Waals surface area (Å²) in [6, 6.07) is -0.119. The number of thiazole rings is 1. The number of hydrogen-bond donors (Lipinski definition) is 4. The molecule has 7 nitrogen and oxygen atoms in total. The molecule has 21 heavy (non-hydrogen) atoms. The number of nitrogens with two attached hydrogens (primary N) is 1. The van der Waals surface area contributed by atoms with Crippen LogP contribution < -0.4 is 21.3 Å². The van der Waals surface area contributed by atoms with E-state index in [9.17, 15) is 4.79 Å². The Morgan fingerprint density at radius 3 is 2.81 bits per heavy atom. The van der Waals surface area contributed by atoms with Crippen LogP contribution >= 0.6 is 11.3 Å². The first-order valence-electron chi connectivity index (χ1n) is 7.16. The zero-order valence-corrected chi connectivity index (χ0v) is 13.2. The normalized spacial score (nSPS) is 18.3. The molecule has 1 fully saturated rings. The van der Waals surface area contributed by atoms with E-state index < -0.39 is 0 Å². The van der Waals surface area contributed by atoms with Crippen LogP contribution in [0.4, 0.5) is 10.9 Å². The van der Waals surface area contributed by atoms with E-state index in [1.807, 2.05) is 13.8 Å². The van der Waals surface area contributed by atoms with Gasteiger partial charge < -0.3 is 26.4 Å². The monoisotopic (exact) mass is 313 g/mol. The molecule has 118 valence electrons. The van der Waals surface area contributed by atoms with Crippen LogP contribution in [0.25, 0.3) is 0 Å². The molecule has 1 aromatic heterocycles. The van der Waals surface area contributed by atoms with Gasteiger partial charge in [0.25, 0.3) is 5.91 Å². The lowest BCUT2D eigenvalue weighted by molar-refractivity contribution is 0.0921. The van der Waals surface area contributed by atoms with Crippen LogP contribution in [0.15, 0.2) is 0 Å². The van der Waals surface area contributed by atoms with Crippen molar-refractivity contribution in [1.29, 1.82) is 0 Å². The number of carbonyl (C=O) groups is 1. The van der Waals surface area contributed by atoms with Crippen LogP contribution in [0, 0.1) is 5.92 Å². The minimum atomic E-state index is -0.223. The van der Waals surface area contributed by atoms with Crippen molar-refractivity contribution in [2.24, 2.45) is 5.92 Å². The van der Waals surface area contributed by atoms with E-state index in [-0.39, 0.29) is 30.3 Å². The Labute approximate surface area is 128 Å². The molecule has 1 aromatic rings. The second-order valence-corrected chi connectivity index (χ2v) is 6.35. The first kappa shape index (κ1) is 16.0. The molecular formula is C13H23N5O2S. The van der Waals surface area contributed by atoms with Gasteiger partial charge in [0.1, 0.15) is 10.7 Å². The maximum Gasteiger partial charge on any atom is 0.265 e. The molecule has 2 rings (SSSR count). The van der Waals surface area contributed by atoms with Crippen LogP contribution in [0.5, 0.6) is 0 Å². The number of rotatable bonds is 5. The van der Waals surface area contributed by atoms with Crippen molar-refractivity contribution < 1.29 is 9.90 Å². The van der Waals surface area contributed by atoms with Crippen LogP contribution in [0.3, 0.4) is 0 Å². The molecule has 0 saturated carbocycles. The minimum Gasteiger partial charge on any atom is -0.396 e. The summed E-state index contributed by atoms with van der Waals surface area (Å²) in [5.74, 6) is 0.0461. The molecule has 5 N–H and O–H groups in total. The van der Waals surface area contributed by atoms with Gasteiger partial charge in [-0.15, -0.1) is 0 Å². The highest BCUT2D eigenvalue weighted by Gasteiger charge is 2.22. The summed E-state index contributed by atoms with van der Waals surface area (Å²) < 4.78 is 0. The van der Waals surface area contributed by atoms with E-state index >= 15 is 0 Å². The number of hydrogen-bond acceptors (Lipinski definition) is 7. The Kier molecular flexibility index (Phi) is 5.38. The van der Waals surface area contributed by atoms with Gasteiger partial charge in [-0.1, -0.05) is 18.3 Å². The first-order chi connectivity index (χ1) is 10.0. The lowest BCUT2D eigenvalue weighted by Gasteiger charge is -2.26. The third-order valence-electron chi connectivity index (χ3n) is 3.74. The second-order valence-electron chi connectivity index (χ2n) is 5.37. The van der Waals surface area contributed by atoms with Gasteiger partial charge in [-0.3, -0.25) is 4.79 Å². The average molecular weight is 313 g/mol. The third-order valence-corrected chi connectivity index (χ3v) is 4.87. The molecule has 1 saturated heterocycles. The zero-order valence-electron chi connectivity index (χ0n) is 12.4. The van der Waals surface area contributed by atoms with Crippen molar-refractivity contribution in [2.45, 2.75) is 19.9 Å². The average Bonchev–Trinajstić information content (AvgIpc) is 2.89. The molecule has 2 atom stereocenters. The zero-order chi connectivity index (χ0) is 15.4. The van der Waals surface area contributed by atoms with Crippen molar-refractivity contribution in [2.75, 3.05) is 43.4 Å². The van der Waals surface area contributed by atoms with Crippen molar-refractivity contribution in [1.82, 2.24) is 15.6 Å². The fourth-order valence-corrected chi connectivity index (χ4v) is 2.99. The SMILES string of the molecule is CC(CO)C(C)NC(=O)c1sc(N2CCNCC2)nc1N. The smallest absolute Gasteiger partial charge is 0.265 e. The van der Waals surface area contributed by atoms with Gasteiger partial charge in [-0.25, -0.2) is 4.98 Å². The van der Waals surface area contributed by atoms with Crippen LogP contribution in [0.1, 0.15) is 23.5 Å². The number of nitrogen functional groups attached to an aromatic ring is 1. The van der Waals surface area contributed by atoms with E-state index in [0.717, 1.165) is 31.3 Å². The molecule has 0 bridgehead atoms. The fourth-order valence-electron chi connectivity index (χ4n) is 2.05. The number of carbonyl (C=O) groups excluding carboxylic acids is 1. The number of nitrogens with one attached hydrogen (secondary N) is 2. The molecule has 2 heterocycles. The molecule has 0 radical (unpaired) electrons. The van der Waals surface area contributed by atoms with Crippen molar-refractivity contribution in [3.05, 3.63) is 4.88 Å². The van der Waals surface area contributed by atoms with E-state index in [1.165, 1.54) is 11.3 Å². The van der Waals surface area contributed by atoms with Crippen LogP contribution in [-0.4, -0.2) is 54.8 Å². The molecule has 0 aromatic carbocycles. The molecule has 1 aliphatic rings. The van der Waals surface area contributed by atoms with Gasteiger partial charge in [0.15, 0.2) is 5.13 Å². The Hall–Kier alpha value is -1.38. The molecule has 2 unspecified atom stereocenters. The van der Waals surface area contributed by atoms with E-state index in [2.05, 4.69) is 20.5 Å². The predicted molar refractivity (Wildman–Crippen MR) is 84.8 cm³/mol. The highest BCUT2D eigenvalue weighted by atomic mass is 32.1. The van der Waals surface area contributed by atoms with Gasteiger partial charge in [-0.2, -0.15) is 0 Å². The van der Waals surface area contributed by atoms with Crippen LogP contribution in [-0.2, 0) is 0 Å². The Bertz CT molecular complexity index is 487. The number of aliphatic hydroxyl groups is 1. The maximum atomic E-state index is 12.3. The van der Waals surface area contributed by atoms with Crippen molar-refractivity contribution in [3.63, 3.8) is 0 Å². The Balaban J connectivity index is 2.05. The molecule has 1 aliphatic heterocycles. The Morgan fingerprint density at radius 2 is 2.19 bits per heavy atom. The van der Waals surface area contributed by atoms with Crippen LogP contribution in [0.2, 0.25) is 0 Å². The van der Waals surface area contributed by atoms with Gasteiger partial charge in [0.2, 0.25) is 0 Å². The molecule has 0 aliphatic carbocycles. The summed E-state index contributed by atoms with van der Waals surface area (Å²) in [5, 5.41) is 16.1. The maximum absolute atomic E-state index is 12.3. The number of piperazine rings is 1. The largest absolute Gasteiger partial charge is 0.396 e. The number of nitrogens with zero attached hydrogens (tertiary/aromatic N) is 2. The van der Waals surface area contributed by atoms with Gasteiger partial charge >= 0.3 is 0 Å². The number of aliphatic hydroxyl groups excluding tert-OH is 1. The second kappa shape index (κ2) is 7.06. The lowest BCUT2D eigenvalue weighted by Crippen LogP contribution is -2.43. The first-order valence-corrected chi connectivity index (χ1v) is 7.98. The van der Waals surface area contributed by atoms with E-state index in [4.69, 9.17) is 10.8 Å². The van der Waals surface area contributed by atoms with E-state index in [1.54, 1.807) is 0 Å². The quantitative estimate of drug-likeness (QED) is 0.604. The summed E-state index contributed by atoms with van der Waals surface area (Å²) in [6.07, 6.45) is 0. The lowest BCUT2D eigenvalue weighted by atomic mass is 10.1. The predicted octanol–water partition coefficient (Wildman–Crippen LogP) is -0.118. The standard InChI is InChI=1S/C13H23N5O2S/c1-8(7-19)9(2)16-12(20)10-11(14)17-13(21-10)18-5-3-15-4-6-18/h8-9,15,19H,3-7,14H2,1-2H3,(H,16,20). The summed E-state index contributed by atoms with van der Waals surface area (Å²) in [7, 11) is 0. The van der Waals surface area contributed by atoms with E-state index in [0.29, 0.717) is 4.88 Å². The molecule has 1 amide bonds. The highest BCUT2D eigenvalue weighted by Crippen LogP contribution is 2.28. The summed E-state index contributed by atoms with van der Waals surface area (Å²) in [6.45, 7) is 7.34. The van der Waals surface area contributed by atoms with Crippen molar-refractivity contribution in [3.8, 4) is 0 Å². The number of aromatic nitrogens is 1. The molecular weight excluding hydrogens is 290 g/mol. The minimum absolute atomic E-state index is 0.00395.